The lowest BCUT2D eigenvalue weighted by Crippen LogP contribution is -2.15. The second kappa shape index (κ2) is 6.41. The van der Waals surface area contributed by atoms with Gasteiger partial charge in [0, 0.05) is 5.02 Å². The van der Waals surface area contributed by atoms with Gasteiger partial charge in [0.1, 0.15) is 18.5 Å². The van der Waals surface area contributed by atoms with E-state index in [1.807, 2.05) is 0 Å². The lowest BCUT2D eigenvalue weighted by Gasteiger charge is -2.14. The van der Waals surface area contributed by atoms with E-state index in [2.05, 4.69) is 0 Å². The normalized spacial score (nSPS) is 11.9. The molecule has 2 aromatic carbocycles. The molecule has 104 valence electrons. The SMILES string of the molecule is NC(=O)c1ccccc1OCC(O)c1ccc(Cl)cc1. The van der Waals surface area contributed by atoms with Crippen LogP contribution in [0.1, 0.15) is 22.0 Å². The van der Waals surface area contributed by atoms with E-state index in [1.165, 1.54) is 0 Å². The first-order chi connectivity index (χ1) is 9.58. The van der Waals surface area contributed by atoms with Crippen LogP contribution in [0.15, 0.2) is 48.5 Å². The summed E-state index contributed by atoms with van der Waals surface area (Å²) in [5.41, 5.74) is 6.23. The van der Waals surface area contributed by atoms with Crippen LogP contribution in [0.5, 0.6) is 5.75 Å². The number of primary amides is 1. The third-order valence-electron chi connectivity index (χ3n) is 2.80. The topological polar surface area (TPSA) is 72.6 Å². The lowest BCUT2D eigenvalue weighted by molar-refractivity contribution is 0.0967. The Balaban J connectivity index is 2.05. The molecule has 2 aromatic rings. The van der Waals surface area contributed by atoms with Crippen LogP contribution in [-0.2, 0) is 0 Å². The first-order valence-electron chi connectivity index (χ1n) is 6.03. The highest BCUT2D eigenvalue weighted by Gasteiger charge is 2.12. The molecule has 20 heavy (non-hydrogen) atoms. The molecule has 0 aliphatic rings. The van der Waals surface area contributed by atoms with Crippen LogP contribution in [0.3, 0.4) is 0 Å². The summed E-state index contributed by atoms with van der Waals surface area (Å²) < 4.78 is 5.46. The van der Waals surface area contributed by atoms with Crippen molar-refractivity contribution in [2.75, 3.05) is 6.61 Å². The van der Waals surface area contributed by atoms with Crippen molar-refractivity contribution >= 4 is 17.5 Å². The third-order valence-corrected chi connectivity index (χ3v) is 3.06. The number of benzene rings is 2. The number of aliphatic hydroxyl groups excluding tert-OH is 1. The molecule has 0 aromatic heterocycles. The molecule has 1 atom stereocenters. The number of ether oxygens (including phenoxy) is 1. The summed E-state index contributed by atoms with van der Waals surface area (Å²) in [4.78, 5) is 11.2. The second-order valence-corrected chi connectivity index (χ2v) is 4.68. The Morgan fingerprint density at radius 1 is 1.20 bits per heavy atom. The van der Waals surface area contributed by atoms with E-state index >= 15 is 0 Å². The summed E-state index contributed by atoms with van der Waals surface area (Å²) in [5, 5.41) is 10.6. The maximum atomic E-state index is 11.2. The number of amides is 1. The molecule has 0 aliphatic carbocycles. The smallest absolute Gasteiger partial charge is 0.252 e. The fourth-order valence-corrected chi connectivity index (χ4v) is 1.87. The highest BCUT2D eigenvalue weighted by molar-refractivity contribution is 6.30. The number of aliphatic hydroxyl groups is 1. The van der Waals surface area contributed by atoms with Crippen LogP contribution in [0, 0.1) is 0 Å². The molecule has 0 aliphatic heterocycles. The van der Waals surface area contributed by atoms with E-state index in [0.29, 0.717) is 16.3 Å². The number of carbonyl (C=O) groups excluding carboxylic acids is 1. The third kappa shape index (κ3) is 3.50. The molecule has 1 amide bonds. The van der Waals surface area contributed by atoms with Gasteiger partial charge in [0.15, 0.2) is 0 Å². The molecule has 0 bridgehead atoms. The van der Waals surface area contributed by atoms with Crippen molar-refractivity contribution in [3.05, 3.63) is 64.7 Å². The molecule has 0 saturated carbocycles. The number of rotatable bonds is 5. The number of nitrogens with two attached hydrogens (primary N) is 1. The molecule has 4 nitrogen and oxygen atoms in total. The van der Waals surface area contributed by atoms with Gasteiger partial charge in [0.2, 0.25) is 0 Å². The number of para-hydroxylation sites is 1. The quantitative estimate of drug-likeness (QED) is 0.889. The maximum absolute atomic E-state index is 11.2. The Labute approximate surface area is 121 Å². The number of carbonyl (C=O) groups is 1. The summed E-state index contributed by atoms with van der Waals surface area (Å²) in [7, 11) is 0. The summed E-state index contributed by atoms with van der Waals surface area (Å²) in [6.45, 7) is 0.0198. The summed E-state index contributed by atoms with van der Waals surface area (Å²) in [5.74, 6) is -0.213. The molecule has 2 rings (SSSR count). The highest BCUT2D eigenvalue weighted by Crippen LogP contribution is 2.21. The van der Waals surface area contributed by atoms with Crippen LogP contribution in [0.25, 0.3) is 0 Å². The predicted octanol–water partition coefficient (Wildman–Crippen LogP) is 2.55. The first-order valence-corrected chi connectivity index (χ1v) is 6.41. The summed E-state index contributed by atoms with van der Waals surface area (Å²) in [6, 6.07) is 13.5. The molecule has 0 heterocycles. The minimum absolute atomic E-state index is 0.0198. The Hall–Kier alpha value is -2.04. The molecule has 3 N–H and O–H groups in total. The van der Waals surface area contributed by atoms with Gasteiger partial charge in [-0.05, 0) is 29.8 Å². The summed E-state index contributed by atoms with van der Waals surface area (Å²) >= 11 is 5.78. The van der Waals surface area contributed by atoms with E-state index < -0.39 is 12.0 Å². The van der Waals surface area contributed by atoms with Gasteiger partial charge in [-0.1, -0.05) is 35.9 Å². The van der Waals surface area contributed by atoms with Gasteiger partial charge in [0.05, 0.1) is 5.56 Å². The largest absolute Gasteiger partial charge is 0.490 e. The van der Waals surface area contributed by atoms with Gasteiger partial charge in [0.25, 0.3) is 5.91 Å². The van der Waals surface area contributed by atoms with Crippen LogP contribution in [0.4, 0.5) is 0 Å². The Bertz CT molecular complexity index is 598. The number of hydrogen-bond acceptors (Lipinski definition) is 3. The molecular weight excluding hydrogens is 278 g/mol. The standard InChI is InChI=1S/C15H14ClNO3/c16-11-7-5-10(6-8-11)13(18)9-20-14-4-2-1-3-12(14)15(17)19/h1-8,13,18H,9H2,(H2,17,19). The average molecular weight is 292 g/mol. The zero-order valence-electron chi connectivity index (χ0n) is 10.6. The van der Waals surface area contributed by atoms with Crippen molar-refractivity contribution in [3.63, 3.8) is 0 Å². The zero-order valence-corrected chi connectivity index (χ0v) is 11.4. The van der Waals surface area contributed by atoms with Crippen LogP contribution in [-0.4, -0.2) is 17.6 Å². The summed E-state index contributed by atoms with van der Waals surface area (Å²) in [6.07, 6.45) is -0.812. The minimum atomic E-state index is -0.812. The molecular formula is C15H14ClNO3. The van der Waals surface area contributed by atoms with Crippen molar-refractivity contribution in [1.82, 2.24) is 0 Å². The van der Waals surface area contributed by atoms with E-state index in [0.717, 1.165) is 0 Å². The fourth-order valence-electron chi connectivity index (χ4n) is 1.75. The van der Waals surface area contributed by atoms with Crippen LogP contribution >= 0.6 is 11.6 Å². The van der Waals surface area contributed by atoms with Gasteiger partial charge < -0.3 is 15.6 Å². The van der Waals surface area contributed by atoms with E-state index in [4.69, 9.17) is 22.1 Å². The van der Waals surface area contributed by atoms with Gasteiger partial charge >= 0.3 is 0 Å². The molecule has 1 unspecified atom stereocenters. The van der Waals surface area contributed by atoms with Crippen molar-refractivity contribution in [1.29, 1.82) is 0 Å². The maximum Gasteiger partial charge on any atom is 0.252 e. The van der Waals surface area contributed by atoms with E-state index in [1.54, 1.807) is 48.5 Å². The van der Waals surface area contributed by atoms with Crippen molar-refractivity contribution in [2.24, 2.45) is 5.73 Å². The highest BCUT2D eigenvalue weighted by atomic mass is 35.5. The van der Waals surface area contributed by atoms with Gasteiger partial charge in [-0.3, -0.25) is 4.79 Å². The fraction of sp³-hybridized carbons (Fsp3) is 0.133. The zero-order chi connectivity index (χ0) is 14.5. The number of halogens is 1. The van der Waals surface area contributed by atoms with E-state index in [9.17, 15) is 9.90 Å². The second-order valence-electron chi connectivity index (χ2n) is 4.24. The predicted molar refractivity (Wildman–Crippen MR) is 76.9 cm³/mol. The van der Waals surface area contributed by atoms with Crippen molar-refractivity contribution in [2.45, 2.75) is 6.10 Å². The van der Waals surface area contributed by atoms with Crippen molar-refractivity contribution < 1.29 is 14.6 Å². The van der Waals surface area contributed by atoms with Crippen LogP contribution in [0.2, 0.25) is 5.02 Å². The molecule has 5 heteroatoms. The first kappa shape index (κ1) is 14.4. The van der Waals surface area contributed by atoms with Gasteiger partial charge in [-0.25, -0.2) is 0 Å². The van der Waals surface area contributed by atoms with Crippen molar-refractivity contribution in [3.8, 4) is 5.75 Å². The number of hydrogen-bond donors (Lipinski definition) is 2. The average Bonchev–Trinajstić information content (AvgIpc) is 2.45. The van der Waals surface area contributed by atoms with Gasteiger partial charge in [-0.2, -0.15) is 0 Å². The molecule has 0 radical (unpaired) electrons. The Kier molecular flexibility index (Phi) is 4.61. The molecule has 0 fully saturated rings. The lowest BCUT2D eigenvalue weighted by atomic mass is 10.1. The van der Waals surface area contributed by atoms with E-state index in [-0.39, 0.29) is 12.2 Å². The Morgan fingerprint density at radius 2 is 1.85 bits per heavy atom. The van der Waals surface area contributed by atoms with Crippen LogP contribution < -0.4 is 10.5 Å². The molecule has 0 saturated heterocycles. The molecule has 0 spiro atoms. The monoisotopic (exact) mass is 291 g/mol. The van der Waals surface area contributed by atoms with Gasteiger partial charge in [-0.15, -0.1) is 0 Å². The Morgan fingerprint density at radius 3 is 2.50 bits per heavy atom. The minimum Gasteiger partial charge on any atom is -0.490 e.